The summed E-state index contributed by atoms with van der Waals surface area (Å²) in [5.74, 6) is 0.568. The maximum absolute atomic E-state index is 11.5. The number of carbonyl (C=O) groups excluding carboxylic acids is 1. The van der Waals surface area contributed by atoms with E-state index in [1.807, 2.05) is 6.92 Å². The number of carbonyl (C=O) groups is 1. The third-order valence-electron chi connectivity index (χ3n) is 2.27. The average molecular weight is 287 g/mol. The molecular weight excluding hydrogens is 268 g/mol. The van der Waals surface area contributed by atoms with Crippen LogP contribution in [0.1, 0.15) is 13.3 Å². The van der Waals surface area contributed by atoms with Crippen molar-refractivity contribution in [3.63, 3.8) is 0 Å². The molecule has 6 heteroatoms. The Kier molecular flexibility index (Phi) is 7.07. The van der Waals surface area contributed by atoms with Crippen molar-refractivity contribution in [2.75, 3.05) is 32.2 Å². The van der Waals surface area contributed by atoms with E-state index < -0.39 is 0 Å². The van der Waals surface area contributed by atoms with Crippen molar-refractivity contribution in [3.8, 4) is 5.75 Å². The summed E-state index contributed by atoms with van der Waals surface area (Å²) in [5.41, 5.74) is 0.623. The number of hydrogen-bond acceptors (Lipinski definition) is 3. The van der Waals surface area contributed by atoms with E-state index in [9.17, 15) is 4.79 Å². The molecule has 0 aliphatic carbocycles. The maximum Gasteiger partial charge on any atom is 0.319 e. The van der Waals surface area contributed by atoms with Crippen molar-refractivity contribution < 1.29 is 14.3 Å². The first kappa shape index (κ1) is 15.6. The van der Waals surface area contributed by atoms with Crippen LogP contribution in [0.15, 0.2) is 18.2 Å². The molecule has 0 fully saturated rings. The number of hydrogen-bond donors (Lipinski definition) is 2. The minimum atomic E-state index is -0.244. The predicted octanol–water partition coefficient (Wildman–Crippen LogP) is 2.90. The van der Waals surface area contributed by atoms with E-state index in [0.29, 0.717) is 36.2 Å². The van der Waals surface area contributed by atoms with Gasteiger partial charge in [-0.3, -0.25) is 0 Å². The Balaban J connectivity index is 2.53. The maximum atomic E-state index is 11.5. The lowest BCUT2D eigenvalue weighted by Crippen LogP contribution is -2.29. The van der Waals surface area contributed by atoms with Crippen LogP contribution in [-0.2, 0) is 4.74 Å². The van der Waals surface area contributed by atoms with Gasteiger partial charge in [0.25, 0.3) is 0 Å². The minimum Gasteiger partial charge on any atom is -0.490 e. The summed E-state index contributed by atoms with van der Waals surface area (Å²) >= 11 is 6.06. The predicted molar refractivity (Wildman–Crippen MR) is 76.1 cm³/mol. The fraction of sp³-hybridized carbons (Fsp3) is 0.462. The molecule has 5 nitrogen and oxygen atoms in total. The first-order chi connectivity index (χ1) is 9.17. The molecule has 0 spiro atoms. The highest BCUT2D eigenvalue weighted by atomic mass is 35.5. The van der Waals surface area contributed by atoms with E-state index in [1.54, 1.807) is 25.3 Å². The molecule has 2 N–H and O–H groups in total. The number of halogens is 1. The van der Waals surface area contributed by atoms with Gasteiger partial charge in [0.2, 0.25) is 0 Å². The summed E-state index contributed by atoms with van der Waals surface area (Å²) in [6.45, 7) is 3.55. The van der Waals surface area contributed by atoms with Crippen LogP contribution in [0.25, 0.3) is 0 Å². The summed E-state index contributed by atoms with van der Waals surface area (Å²) in [7, 11) is 1.60. The van der Waals surface area contributed by atoms with Gasteiger partial charge in [-0.25, -0.2) is 4.79 Å². The Morgan fingerprint density at radius 2 is 2.16 bits per heavy atom. The molecule has 1 aromatic rings. The monoisotopic (exact) mass is 286 g/mol. The van der Waals surface area contributed by atoms with Crippen molar-refractivity contribution in [2.24, 2.45) is 0 Å². The van der Waals surface area contributed by atoms with E-state index in [0.717, 1.165) is 6.42 Å². The van der Waals surface area contributed by atoms with Crippen LogP contribution >= 0.6 is 11.6 Å². The molecule has 2 amide bonds. The van der Waals surface area contributed by atoms with Gasteiger partial charge in [0.1, 0.15) is 12.4 Å². The molecule has 106 valence electrons. The largest absolute Gasteiger partial charge is 0.490 e. The minimum absolute atomic E-state index is 0.244. The molecule has 1 rings (SSSR count). The van der Waals surface area contributed by atoms with Crippen LogP contribution in [-0.4, -0.2) is 32.9 Å². The molecule has 0 saturated carbocycles. The van der Waals surface area contributed by atoms with Gasteiger partial charge in [0.05, 0.1) is 11.6 Å². The normalized spacial score (nSPS) is 10.1. The molecule has 0 aliphatic rings. The van der Waals surface area contributed by atoms with E-state index in [4.69, 9.17) is 21.1 Å². The lowest BCUT2D eigenvalue weighted by atomic mass is 10.3. The second kappa shape index (κ2) is 8.61. The summed E-state index contributed by atoms with van der Waals surface area (Å²) in [6, 6.07) is 4.85. The number of urea groups is 1. The number of rotatable bonds is 7. The van der Waals surface area contributed by atoms with Gasteiger partial charge in [-0.15, -0.1) is 0 Å². The van der Waals surface area contributed by atoms with Gasteiger partial charge < -0.3 is 20.1 Å². The highest BCUT2D eigenvalue weighted by Crippen LogP contribution is 2.27. The van der Waals surface area contributed by atoms with Crippen LogP contribution in [0.2, 0.25) is 5.02 Å². The van der Waals surface area contributed by atoms with Crippen molar-refractivity contribution >= 4 is 23.3 Å². The number of amides is 2. The second-order valence-corrected chi connectivity index (χ2v) is 4.27. The van der Waals surface area contributed by atoms with Gasteiger partial charge in [0, 0.05) is 19.3 Å². The van der Waals surface area contributed by atoms with Crippen molar-refractivity contribution in [3.05, 3.63) is 23.2 Å². The van der Waals surface area contributed by atoms with Crippen LogP contribution in [0.3, 0.4) is 0 Å². The topological polar surface area (TPSA) is 59.6 Å². The van der Waals surface area contributed by atoms with Crippen molar-refractivity contribution in [1.29, 1.82) is 0 Å². The van der Waals surface area contributed by atoms with Crippen LogP contribution in [0.4, 0.5) is 10.5 Å². The standard InChI is InChI=1S/C13H19ClN2O3/c1-3-6-15-13(17)16-10-4-5-12(11(14)9-10)19-8-7-18-2/h4-5,9H,3,6-8H2,1-2H3,(H2,15,16,17). The zero-order valence-electron chi connectivity index (χ0n) is 11.2. The Hall–Kier alpha value is -1.46. The van der Waals surface area contributed by atoms with Gasteiger partial charge in [-0.2, -0.15) is 0 Å². The lowest BCUT2D eigenvalue weighted by molar-refractivity contribution is 0.146. The van der Waals surface area contributed by atoms with Gasteiger partial charge in [-0.05, 0) is 24.6 Å². The first-order valence-corrected chi connectivity index (χ1v) is 6.51. The van der Waals surface area contributed by atoms with Crippen LogP contribution < -0.4 is 15.4 Å². The summed E-state index contributed by atoms with van der Waals surface area (Å²) < 4.78 is 10.3. The molecule has 0 heterocycles. The highest BCUT2D eigenvalue weighted by molar-refractivity contribution is 6.32. The second-order valence-electron chi connectivity index (χ2n) is 3.87. The smallest absolute Gasteiger partial charge is 0.319 e. The van der Waals surface area contributed by atoms with E-state index in [2.05, 4.69) is 10.6 Å². The lowest BCUT2D eigenvalue weighted by Gasteiger charge is -2.10. The number of nitrogens with one attached hydrogen (secondary N) is 2. The molecule has 1 aromatic carbocycles. The Morgan fingerprint density at radius 1 is 1.37 bits per heavy atom. The zero-order valence-corrected chi connectivity index (χ0v) is 11.9. The number of methoxy groups -OCH3 is 1. The fourth-order valence-corrected chi connectivity index (χ4v) is 1.58. The molecular formula is C13H19ClN2O3. The van der Waals surface area contributed by atoms with Gasteiger partial charge in [0.15, 0.2) is 0 Å². The van der Waals surface area contributed by atoms with Crippen LogP contribution in [0.5, 0.6) is 5.75 Å². The summed E-state index contributed by atoms with van der Waals surface area (Å²) in [6.07, 6.45) is 0.889. The molecule has 0 aliphatic heterocycles. The molecule has 0 saturated heterocycles. The summed E-state index contributed by atoms with van der Waals surface area (Å²) in [4.78, 5) is 11.5. The third-order valence-corrected chi connectivity index (χ3v) is 2.57. The molecule has 0 bridgehead atoms. The van der Waals surface area contributed by atoms with Gasteiger partial charge >= 0.3 is 6.03 Å². The number of benzene rings is 1. The van der Waals surface area contributed by atoms with E-state index in [-0.39, 0.29) is 6.03 Å². The highest BCUT2D eigenvalue weighted by Gasteiger charge is 2.05. The number of ether oxygens (including phenoxy) is 2. The molecule has 19 heavy (non-hydrogen) atoms. The molecule has 0 aromatic heterocycles. The molecule has 0 unspecified atom stereocenters. The average Bonchev–Trinajstić information content (AvgIpc) is 2.39. The third kappa shape index (κ3) is 5.81. The van der Waals surface area contributed by atoms with Crippen LogP contribution in [0, 0.1) is 0 Å². The number of anilines is 1. The summed E-state index contributed by atoms with van der Waals surface area (Å²) in [5, 5.41) is 5.86. The molecule has 0 radical (unpaired) electrons. The Labute approximate surface area is 118 Å². The first-order valence-electron chi connectivity index (χ1n) is 6.13. The van der Waals surface area contributed by atoms with Crippen molar-refractivity contribution in [2.45, 2.75) is 13.3 Å². The Bertz CT molecular complexity index is 413. The Morgan fingerprint density at radius 3 is 2.79 bits per heavy atom. The fourth-order valence-electron chi connectivity index (χ4n) is 1.34. The van der Waals surface area contributed by atoms with Gasteiger partial charge in [-0.1, -0.05) is 18.5 Å². The quantitative estimate of drug-likeness (QED) is 0.758. The van der Waals surface area contributed by atoms with E-state index >= 15 is 0 Å². The van der Waals surface area contributed by atoms with E-state index in [1.165, 1.54) is 0 Å². The molecule has 0 atom stereocenters. The zero-order chi connectivity index (χ0) is 14.1. The van der Waals surface area contributed by atoms with Crippen molar-refractivity contribution in [1.82, 2.24) is 5.32 Å². The SMILES string of the molecule is CCCNC(=O)Nc1ccc(OCCOC)c(Cl)c1.